The Morgan fingerprint density at radius 2 is 2.06 bits per heavy atom. The first kappa shape index (κ1) is 14.3. The van der Waals surface area contributed by atoms with E-state index >= 15 is 0 Å². The van der Waals surface area contributed by atoms with Crippen molar-refractivity contribution < 1.29 is 22.7 Å². The third-order valence-corrected chi connectivity index (χ3v) is 2.28. The molecule has 18 heavy (non-hydrogen) atoms. The van der Waals surface area contributed by atoms with Gasteiger partial charge in [0.1, 0.15) is 5.82 Å². The van der Waals surface area contributed by atoms with E-state index in [0.717, 1.165) is 6.07 Å². The zero-order valence-corrected chi connectivity index (χ0v) is 10.1. The van der Waals surface area contributed by atoms with Crippen LogP contribution in [-0.2, 0) is 9.53 Å². The fourth-order valence-corrected chi connectivity index (χ4v) is 1.32. The number of rotatable bonds is 5. The van der Waals surface area contributed by atoms with Gasteiger partial charge in [-0.05, 0) is 6.92 Å². The molecule has 0 aliphatic heterocycles. The number of nitrogens with one attached hydrogen (secondary N) is 1. The summed E-state index contributed by atoms with van der Waals surface area (Å²) >= 11 is 0. The first-order chi connectivity index (χ1) is 8.45. The van der Waals surface area contributed by atoms with Gasteiger partial charge in [-0.15, -0.1) is 0 Å². The van der Waals surface area contributed by atoms with Crippen molar-refractivity contribution in [3.8, 4) is 0 Å². The van der Waals surface area contributed by atoms with E-state index < -0.39 is 29.3 Å². The van der Waals surface area contributed by atoms with E-state index in [1.165, 1.54) is 0 Å². The van der Waals surface area contributed by atoms with Gasteiger partial charge in [-0.2, -0.15) is 0 Å². The number of ether oxygens (including phenoxy) is 1. The monoisotopic (exact) mass is 261 g/mol. The van der Waals surface area contributed by atoms with Crippen molar-refractivity contribution in [2.24, 2.45) is 5.92 Å². The Bertz CT molecular complexity index is 438. The molecule has 0 spiro atoms. The van der Waals surface area contributed by atoms with Crippen molar-refractivity contribution in [1.29, 1.82) is 0 Å². The minimum absolute atomic E-state index is 0.0264. The Kier molecular flexibility index (Phi) is 5.00. The maximum atomic E-state index is 13.3. The summed E-state index contributed by atoms with van der Waals surface area (Å²) in [4.78, 5) is 11.3. The van der Waals surface area contributed by atoms with Crippen LogP contribution < -0.4 is 5.32 Å². The van der Waals surface area contributed by atoms with Gasteiger partial charge in [0.2, 0.25) is 0 Å². The molecule has 0 saturated heterocycles. The third-order valence-electron chi connectivity index (χ3n) is 2.28. The van der Waals surface area contributed by atoms with Crippen LogP contribution in [0.3, 0.4) is 0 Å². The summed E-state index contributed by atoms with van der Waals surface area (Å²) in [5, 5.41) is 2.48. The second kappa shape index (κ2) is 6.28. The molecular formula is C12H14F3NO2. The fraction of sp³-hybridized carbons (Fsp3) is 0.417. The molecule has 1 aromatic carbocycles. The van der Waals surface area contributed by atoms with Gasteiger partial charge in [0, 0.05) is 18.7 Å². The van der Waals surface area contributed by atoms with Crippen molar-refractivity contribution in [2.75, 3.05) is 18.5 Å². The lowest BCUT2D eigenvalue weighted by atomic mass is 10.2. The van der Waals surface area contributed by atoms with Crippen LogP contribution in [0.2, 0.25) is 0 Å². The topological polar surface area (TPSA) is 38.3 Å². The fourth-order valence-electron chi connectivity index (χ4n) is 1.32. The molecule has 1 atom stereocenters. The van der Waals surface area contributed by atoms with Crippen LogP contribution in [-0.4, -0.2) is 19.1 Å². The molecule has 6 heteroatoms. The zero-order chi connectivity index (χ0) is 13.7. The lowest BCUT2D eigenvalue weighted by Gasteiger charge is -2.13. The minimum Gasteiger partial charge on any atom is -0.466 e. The number of hydrogen-bond donors (Lipinski definition) is 1. The van der Waals surface area contributed by atoms with E-state index in [0.29, 0.717) is 6.07 Å². The Morgan fingerprint density at radius 3 is 2.67 bits per heavy atom. The van der Waals surface area contributed by atoms with E-state index in [2.05, 4.69) is 5.32 Å². The number of hydrogen-bond acceptors (Lipinski definition) is 3. The SMILES string of the molecule is CCOC(=O)C(C)CNc1cc(F)cc(F)c1F. The summed E-state index contributed by atoms with van der Waals surface area (Å²) in [6, 6.07) is 1.28. The average molecular weight is 261 g/mol. The molecule has 0 bridgehead atoms. The van der Waals surface area contributed by atoms with Gasteiger partial charge in [0.05, 0.1) is 18.2 Å². The molecule has 0 aliphatic carbocycles. The van der Waals surface area contributed by atoms with E-state index in [1.54, 1.807) is 13.8 Å². The first-order valence-corrected chi connectivity index (χ1v) is 5.50. The van der Waals surface area contributed by atoms with Crippen LogP contribution in [0, 0.1) is 23.4 Å². The number of halogens is 3. The van der Waals surface area contributed by atoms with Crippen molar-refractivity contribution in [2.45, 2.75) is 13.8 Å². The highest BCUT2D eigenvalue weighted by molar-refractivity contribution is 5.72. The molecule has 100 valence electrons. The number of carbonyl (C=O) groups excluding carboxylic acids is 1. The summed E-state index contributed by atoms with van der Waals surface area (Å²) in [7, 11) is 0. The smallest absolute Gasteiger partial charge is 0.310 e. The normalized spacial score (nSPS) is 12.1. The third kappa shape index (κ3) is 3.65. The predicted molar refractivity (Wildman–Crippen MR) is 60.6 cm³/mol. The van der Waals surface area contributed by atoms with Gasteiger partial charge in [0.25, 0.3) is 0 Å². The summed E-state index contributed by atoms with van der Waals surface area (Å²) in [5.74, 6) is -4.34. The zero-order valence-electron chi connectivity index (χ0n) is 10.1. The van der Waals surface area contributed by atoms with Crippen LogP contribution in [0.1, 0.15) is 13.8 Å². The maximum absolute atomic E-state index is 13.3. The van der Waals surface area contributed by atoms with Gasteiger partial charge in [-0.3, -0.25) is 4.79 Å². The van der Waals surface area contributed by atoms with Gasteiger partial charge in [0.15, 0.2) is 11.6 Å². The van der Waals surface area contributed by atoms with Crippen molar-refractivity contribution in [3.63, 3.8) is 0 Å². The van der Waals surface area contributed by atoms with E-state index in [-0.39, 0.29) is 18.8 Å². The quantitative estimate of drug-likeness (QED) is 0.654. The van der Waals surface area contributed by atoms with E-state index in [4.69, 9.17) is 4.74 Å². The molecule has 3 nitrogen and oxygen atoms in total. The standard InChI is InChI=1S/C12H14F3NO2/c1-3-18-12(17)7(2)6-16-10-5-8(13)4-9(14)11(10)15/h4-5,7,16H,3,6H2,1-2H3. The first-order valence-electron chi connectivity index (χ1n) is 5.50. The Labute approximate surface area is 103 Å². The van der Waals surface area contributed by atoms with Gasteiger partial charge in [-0.1, -0.05) is 6.92 Å². The van der Waals surface area contributed by atoms with Crippen LogP contribution in [0.15, 0.2) is 12.1 Å². The van der Waals surface area contributed by atoms with Crippen LogP contribution in [0.25, 0.3) is 0 Å². The minimum atomic E-state index is -1.28. The Morgan fingerprint density at radius 1 is 1.39 bits per heavy atom. The highest BCUT2D eigenvalue weighted by Gasteiger charge is 2.16. The number of esters is 1. The average Bonchev–Trinajstić information content (AvgIpc) is 2.31. The van der Waals surface area contributed by atoms with Crippen molar-refractivity contribution in [1.82, 2.24) is 0 Å². The molecule has 1 N–H and O–H groups in total. The number of benzene rings is 1. The van der Waals surface area contributed by atoms with Gasteiger partial charge < -0.3 is 10.1 Å². The van der Waals surface area contributed by atoms with Crippen LogP contribution in [0.5, 0.6) is 0 Å². The number of anilines is 1. The molecule has 0 aliphatic rings. The second-order valence-electron chi connectivity index (χ2n) is 3.78. The lowest BCUT2D eigenvalue weighted by Crippen LogP contribution is -2.23. The molecule has 1 unspecified atom stereocenters. The molecule has 1 rings (SSSR count). The van der Waals surface area contributed by atoms with Gasteiger partial charge >= 0.3 is 5.97 Å². The summed E-state index contributed by atoms with van der Waals surface area (Å²) in [6.45, 7) is 3.50. The molecule has 0 radical (unpaired) electrons. The highest BCUT2D eigenvalue weighted by atomic mass is 19.2. The summed E-state index contributed by atoms with van der Waals surface area (Å²) in [6.07, 6.45) is 0. The molecule has 0 aromatic heterocycles. The largest absolute Gasteiger partial charge is 0.466 e. The van der Waals surface area contributed by atoms with E-state index in [1.807, 2.05) is 0 Å². The molecular weight excluding hydrogens is 247 g/mol. The second-order valence-corrected chi connectivity index (χ2v) is 3.78. The summed E-state index contributed by atoms with van der Waals surface area (Å²) < 4.78 is 43.8. The maximum Gasteiger partial charge on any atom is 0.310 e. The van der Waals surface area contributed by atoms with Gasteiger partial charge in [-0.25, -0.2) is 13.2 Å². The molecule has 0 saturated carbocycles. The highest BCUT2D eigenvalue weighted by Crippen LogP contribution is 2.19. The van der Waals surface area contributed by atoms with Crippen molar-refractivity contribution >= 4 is 11.7 Å². The molecule has 0 amide bonds. The number of carbonyl (C=O) groups is 1. The molecule has 1 aromatic rings. The molecule has 0 heterocycles. The van der Waals surface area contributed by atoms with Crippen LogP contribution in [0.4, 0.5) is 18.9 Å². The Hall–Kier alpha value is -1.72. The van der Waals surface area contributed by atoms with E-state index in [9.17, 15) is 18.0 Å². The van der Waals surface area contributed by atoms with Crippen LogP contribution >= 0.6 is 0 Å². The Balaban J connectivity index is 2.66. The lowest BCUT2D eigenvalue weighted by molar-refractivity contribution is -0.146. The summed E-state index contributed by atoms with van der Waals surface area (Å²) in [5.41, 5.74) is -0.316. The molecule has 0 fully saturated rings. The predicted octanol–water partition coefficient (Wildman–Crippen LogP) is 2.72. The van der Waals surface area contributed by atoms with Crippen molar-refractivity contribution in [3.05, 3.63) is 29.6 Å².